The van der Waals surface area contributed by atoms with Crippen molar-refractivity contribution in [3.05, 3.63) is 114 Å². The lowest BCUT2D eigenvalue weighted by molar-refractivity contribution is -0.133. The molecule has 40 heavy (non-hydrogen) atoms. The van der Waals surface area contributed by atoms with E-state index in [4.69, 9.17) is 4.74 Å². The average Bonchev–Trinajstić information content (AvgIpc) is 3.28. The van der Waals surface area contributed by atoms with Crippen LogP contribution in [0, 0.1) is 0 Å². The summed E-state index contributed by atoms with van der Waals surface area (Å²) in [5.41, 5.74) is 6.19. The van der Waals surface area contributed by atoms with Gasteiger partial charge in [-0.25, -0.2) is 9.97 Å². The van der Waals surface area contributed by atoms with Crippen LogP contribution in [-0.2, 0) is 24.3 Å². The molecule has 3 heterocycles. The fourth-order valence-electron chi connectivity index (χ4n) is 6.00. The molecule has 0 bridgehead atoms. The highest BCUT2D eigenvalue weighted by Crippen LogP contribution is 2.30. The van der Waals surface area contributed by atoms with Crippen molar-refractivity contribution in [1.29, 1.82) is 0 Å². The van der Waals surface area contributed by atoms with Crippen LogP contribution in [0.25, 0.3) is 11.4 Å². The van der Waals surface area contributed by atoms with Crippen molar-refractivity contribution in [3.63, 3.8) is 0 Å². The van der Waals surface area contributed by atoms with Crippen molar-refractivity contribution in [2.24, 2.45) is 0 Å². The van der Waals surface area contributed by atoms with Crippen LogP contribution in [0.5, 0.6) is 5.75 Å². The smallest absolute Gasteiger partial charge is 0.260 e. The van der Waals surface area contributed by atoms with Gasteiger partial charge in [0.15, 0.2) is 12.4 Å². The van der Waals surface area contributed by atoms with E-state index in [1.165, 1.54) is 16.7 Å². The van der Waals surface area contributed by atoms with E-state index in [-0.39, 0.29) is 12.5 Å². The third-order valence-electron chi connectivity index (χ3n) is 8.19. The van der Waals surface area contributed by atoms with Crippen LogP contribution in [-0.4, -0.2) is 51.9 Å². The molecule has 6 nitrogen and oxygen atoms in total. The number of nitrogens with zero attached hydrogens (tertiary/aromatic N) is 4. The van der Waals surface area contributed by atoms with Gasteiger partial charge in [-0.3, -0.25) is 9.69 Å². The van der Waals surface area contributed by atoms with Gasteiger partial charge in [0.25, 0.3) is 5.91 Å². The van der Waals surface area contributed by atoms with Gasteiger partial charge in [0.2, 0.25) is 0 Å². The Balaban J connectivity index is 1.15. The van der Waals surface area contributed by atoms with Gasteiger partial charge in [0.1, 0.15) is 5.75 Å². The van der Waals surface area contributed by atoms with Gasteiger partial charge in [-0.2, -0.15) is 0 Å². The second-order valence-corrected chi connectivity index (χ2v) is 10.8. The van der Waals surface area contributed by atoms with Crippen molar-refractivity contribution in [1.82, 2.24) is 19.8 Å². The van der Waals surface area contributed by atoms with Crippen LogP contribution in [0.15, 0.2) is 91.3 Å². The third-order valence-corrected chi connectivity index (χ3v) is 8.19. The number of benzene rings is 3. The number of carbonyl (C=O) groups excluding carboxylic acids is 1. The topological polar surface area (TPSA) is 58.6 Å². The van der Waals surface area contributed by atoms with E-state index in [2.05, 4.69) is 75.5 Å². The molecule has 1 amide bonds. The summed E-state index contributed by atoms with van der Waals surface area (Å²) >= 11 is 0. The zero-order valence-corrected chi connectivity index (χ0v) is 22.9. The first-order valence-electron chi connectivity index (χ1n) is 14.4. The van der Waals surface area contributed by atoms with Crippen LogP contribution in [0.1, 0.15) is 47.4 Å². The van der Waals surface area contributed by atoms with Gasteiger partial charge in [0.05, 0.1) is 0 Å². The number of amides is 1. The standard InChI is InChI=1S/C34H36N4O2/c39-33(38-19-6-12-27(16-21-38)26-8-2-1-3-9-26)25-40-32-14-13-29(34-35-17-7-18-36-34)22-31(32)24-37-20-15-28-10-4-5-11-30(28)23-37/h1-5,7-11,13-14,17-18,22,27H,6,12,15-16,19-21,23-25H2/t27-/m0/s1. The molecule has 0 spiro atoms. The maximum atomic E-state index is 13.3. The van der Waals surface area contributed by atoms with E-state index in [1.54, 1.807) is 12.4 Å². The largest absolute Gasteiger partial charge is 0.483 e. The minimum Gasteiger partial charge on any atom is -0.483 e. The lowest BCUT2D eigenvalue weighted by Crippen LogP contribution is -2.36. The van der Waals surface area contributed by atoms with Gasteiger partial charge in [-0.05, 0) is 72.6 Å². The monoisotopic (exact) mass is 532 g/mol. The van der Waals surface area contributed by atoms with E-state index >= 15 is 0 Å². The summed E-state index contributed by atoms with van der Waals surface area (Å²) in [6.45, 7) is 4.23. The molecule has 1 atom stereocenters. The molecule has 1 saturated heterocycles. The highest BCUT2D eigenvalue weighted by molar-refractivity contribution is 5.78. The summed E-state index contributed by atoms with van der Waals surface area (Å²) < 4.78 is 6.25. The second kappa shape index (κ2) is 12.4. The molecule has 6 rings (SSSR count). The summed E-state index contributed by atoms with van der Waals surface area (Å²) in [5.74, 6) is 2.01. The van der Waals surface area contributed by atoms with Gasteiger partial charge < -0.3 is 9.64 Å². The minimum absolute atomic E-state index is 0.0486. The van der Waals surface area contributed by atoms with Gasteiger partial charge in [-0.1, -0.05) is 54.6 Å². The summed E-state index contributed by atoms with van der Waals surface area (Å²) in [6, 6.07) is 27.3. The molecular weight excluding hydrogens is 496 g/mol. The highest BCUT2D eigenvalue weighted by atomic mass is 16.5. The Morgan fingerprint density at radius 1 is 0.850 bits per heavy atom. The number of carbonyl (C=O) groups is 1. The van der Waals surface area contributed by atoms with Crippen LogP contribution in [0.3, 0.4) is 0 Å². The predicted octanol–water partition coefficient (Wildman–Crippen LogP) is 5.88. The SMILES string of the molecule is O=C(COc1ccc(-c2ncccn2)cc1CN1CCc2ccccc2C1)N1CCC[C@H](c2ccccc2)CC1. The first kappa shape index (κ1) is 26.2. The van der Waals surface area contributed by atoms with Crippen LogP contribution < -0.4 is 4.74 Å². The molecule has 2 aliphatic rings. The fraction of sp³-hybridized carbons (Fsp3) is 0.324. The van der Waals surface area contributed by atoms with E-state index < -0.39 is 0 Å². The normalized spacial score (nSPS) is 17.6. The number of hydrogen-bond donors (Lipinski definition) is 0. The molecule has 0 N–H and O–H groups in total. The van der Waals surface area contributed by atoms with Crippen LogP contribution in [0.4, 0.5) is 0 Å². The first-order valence-corrected chi connectivity index (χ1v) is 14.4. The van der Waals surface area contributed by atoms with E-state index in [1.807, 2.05) is 23.1 Å². The summed E-state index contributed by atoms with van der Waals surface area (Å²) in [7, 11) is 0. The van der Waals surface area contributed by atoms with Crippen molar-refractivity contribution >= 4 is 5.91 Å². The quantitative estimate of drug-likeness (QED) is 0.298. The van der Waals surface area contributed by atoms with Gasteiger partial charge in [-0.15, -0.1) is 0 Å². The highest BCUT2D eigenvalue weighted by Gasteiger charge is 2.23. The first-order chi connectivity index (χ1) is 19.7. The van der Waals surface area contributed by atoms with E-state index in [9.17, 15) is 4.79 Å². The van der Waals surface area contributed by atoms with E-state index in [0.717, 1.165) is 75.3 Å². The number of likely N-dealkylation sites (tertiary alicyclic amines) is 1. The lowest BCUT2D eigenvalue weighted by Gasteiger charge is -2.29. The van der Waals surface area contributed by atoms with Crippen molar-refractivity contribution in [2.75, 3.05) is 26.2 Å². The molecule has 3 aromatic carbocycles. The number of rotatable bonds is 7. The molecule has 1 aromatic heterocycles. The van der Waals surface area contributed by atoms with Crippen molar-refractivity contribution < 1.29 is 9.53 Å². The fourth-order valence-corrected chi connectivity index (χ4v) is 6.00. The molecule has 1 fully saturated rings. The molecule has 0 unspecified atom stereocenters. The Morgan fingerprint density at radius 3 is 2.50 bits per heavy atom. The van der Waals surface area contributed by atoms with Crippen LogP contribution >= 0.6 is 0 Å². The summed E-state index contributed by atoms with van der Waals surface area (Å²) in [6.07, 6.45) is 7.67. The number of aromatic nitrogens is 2. The zero-order chi connectivity index (χ0) is 27.1. The Labute approximate surface area is 236 Å². The Bertz CT molecular complexity index is 1430. The Morgan fingerprint density at radius 2 is 1.65 bits per heavy atom. The molecular formula is C34H36N4O2. The van der Waals surface area contributed by atoms with E-state index in [0.29, 0.717) is 11.7 Å². The third kappa shape index (κ3) is 6.23. The van der Waals surface area contributed by atoms with Crippen molar-refractivity contribution in [3.8, 4) is 17.1 Å². The second-order valence-electron chi connectivity index (χ2n) is 10.8. The summed E-state index contributed by atoms with van der Waals surface area (Å²) in [4.78, 5) is 26.6. The molecule has 0 aliphatic carbocycles. The van der Waals surface area contributed by atoms with Crippen molar-refractivity contribution in [2.45, 2.75) is 44.7 Å². The maximum absolute atomic E-state index is 13.3. The maximum Gasteiger partial charge on any atom is 0.260 e. The Hall–Kier alpha value is -4.03. The Kier molecular flexibility index (Phi) is 8.15. The average molecular weight is 533 g/mol. The zero-order valence-electron chi connectivity index (χ0n) is 22.9. The molecule has 0 saturated carbocycles. The molecule has 0 radical (unpaired) electrons. The van der Waals surface area contributed by atoms with Crippen LogP contribution in [0.2, 0.25) is 0 Å². The lowest BCUT2D eigenvalue weighted by atomic mass is 9.92. The molecule has 4 aromatic rings. The molecule has 204 valence electrons. The predicted molar refractivity (Wildman–Crippen MR) is 157 cm³/mol. The summed E-state index contributed by atoms with van der Waals surface area (Å²) in [5, 5.41) is 0. The number of ether oxygens (including phenoxy) is 1. The van der Waals surface area contributed by atoms with Gasteiger partial charge in [0, 0.05) is 56.2 Å². The minimum atomic E-state index is 0.0486. The molecule has 6 heteroatoms. The number of hydrogen-bond acceptors (Lipinski definition) is 5. The molecule has 2 aliphatic heterocycles. The number of fused-ring (bicyclic) bond motifs is 1. The van der Waals surface area contributed by atoms with Gasteiger partial charge >= 0.3 is 0 Å².